The number of hydrogen-bond acceptors (Lipinski definition) is 6. The van der Waals surface area contributed by atoms with E-state index in [1.165, 1.54) is 31.0 Å². The zero-order valence-corrected chi connectivity index (χ0v) is 18.7. The minimum Gasteiger partial charge on any atom is -0.475 e. The fourth-order valence-corrected chi connectivity index (χ4v) is 3.95. The molecule has 1 aromatic rings. The van der Waals surface area contributed by atoms with Crippen LogP contribution in [-0.2, 0) is 9.53 Å². The maximum atomic E-state index is 12.1. The number of aromatic nitrogens is 2. The van der Waals surface area contributed by atoms with Gasteiger partial charge in [0.15, 0.2) is 0 Å². The Labute approximate surface area is 173 Å². The monoisotopic (exact) mass is 410 g/mol. The molecule has 2 unspecified atom stereocenters. The Bertz CT molecular complexity index is 647. The molecular weight excluding hydrogens is 374 g/mol. The Hall–Kier alpha value is -1.47. The van der Waals surface area contributed by atoms with Crippen LogP contribution < -0.4 is 4.74 Å². The number of ether oxygens (including phenoxy) is 2. The van der Waals surface area contributed by atoms with Crippen LogP contribution in [0.4, 0.5) is 0 Å². The van der Waals surface area contributed by atoms with Gasteiger partial charge in [0.05, 0.1) is 31.9 Å². The second-order valence-corrected chi connectivity index (χ2v) is 8.43. The van der Waals surface area contributed by atoms with Gasteiger partial charge in [0, 0.05) is 25.3 Å². The molecule has 28 heavy (non-hydrogen) atoms. The molecule has 2 rings (SSSR count). The highest BCUT2D eigenvalue weighted by Crippen LogP contribution is 2.31. The number of unbranched alkanes of at least 4 members (excludes halogenated alkanes) is 4. The summed E-state index contributed by atoms with van der Waals surface area (Å²) in [6.45, 7) is 8.67. The van der Waals surface area contributed by atoms with E-state index >= 15 is 0 Å². The van der Waals surface area contributed by atoms with Gasteiger partial charge in [0.1, 0.15) is 12.2 Å². The largest absolute Gasteiger partial charge is 0.475 e. The van der Waals surface area contributed by atoms with Crippen molar-refractivity contribution >= 4 is 23.3 Å². The predicted molar refractivity (Wildman–Crippen MR) is 113 cm³/mol. The lowest BCUT2D eigenvalue weighted by molar-refractivity contribution is -0.944. The van der Waals surface area contributed by atoms with Crippen LogP contribution in [0.2, 0.25) is 0 Å². The molecule has 0 bridgehead atoms. The molecule has 6 nitrogen and oxygen atoms in total. The highest BCUT2D eigenvalue weighted by atomic mass is 32.1. The van der Waals surface area contributed by atoms with Crippen LogP contribution in [0, 0.1) is 0 Å². The molecule has 0 saturated heterocycles. The first kappa shape index (κ1) is 22.8. The predicted octanol–water partition coefficient (Wildman–Crippen LogP) is 4.81. The van der Waals surface area contributed by atoms with Crippen molar-refractivity contribution < 1.29 is 18.8 Å². The van der Waals surface area contributed by atoms with Gasteiger partial charge in [-0.1, -0.05) is 45.6 Å². The second kappa shape index (κ2) is 11.5. The minimum atomic E-state index is -0.182. The fraction of sp³-hybridized carbons (Fsp3) is 0.762. The molecule has 2 atom stereocenters. The number of rotatable bonds is 12. The Morgan fingerprint density at radius 2 is 2.00 bits per heavy atom. The van der Waals surface area contributed by atoms with E-state index in [-0.39, 0.29) is 12.2 Å². The van der Waals surface area contributed by atoms with Crippen LogP contribution in [0.3, 0.4) is 0 Å². The standard InChI is InChI=1S/C21H36N3O3S/c1-5-7-9-10-15-26-21-20(22-28-23-21)18-12-11-14-24(4,16-18)17(3)27-19(25)13-8-6-2/h12,17H,5-11,13-16H2,1-4H3/q+1. The Morgan fingerprint density at radius 1 is 1.21 bits per heavy atom. The zero-order chi connectivity index (χ0) is 20.4. The van der Waals surface area contributed by atoms with Gasteiger partial charge in [-0.15, -0.1) is 4.37 Å². The number of carbonyl (C=O) groups is 1. The van der Waals surface area contributed by atoms with Gasteiger partial charge in [-0.05, 0) is 12.8 Å². The zero-order valence-electron chi connectivity index (χ0n) is 17.9. The van der Waals surface area contributed by atoms with Crippen molar-refractivity contribution in [2.75, 3.05) is 26.7 Å². The molecule has 0 fully saturated rings. The van der Waals surface area contributed by atoms with E-state index in [2.05, 4.69) is 35.7 Å². The Kier molecular flexibility index (Phi) is 9.38. The van der Waals surface area contributed by atoms with Crippen molar-refractivity contribution in [1.82, 2.24) is 8.75 Å². The van der Waals surface area contributed by atoms with Crippen molar-refractivity contribution in [1.29, 1.82) is 0 Å². The van der Waals surface area contributed by atoms with Gasteiger partial charge >= 0.3 is 5.97 Å². The molecule has 0 spiro atoms. The maximum Gasteiger partial charge on any atom is 0.310 e. The number of hydrogen-bond donors (Lipinski definition) is 0. The summed E-state index contributed by atoms with van der Waals surface area (Å²) < 4.78 is 21.2. The number of likely N-dealkylation sites (N-methyl/N-ethyl adjacent to an activating group) is 1. The van der Waals surface area contributed by atoms with Crippen LogP contribution in [0.25, 0.3) is 5.57 Å². The van der Waals surface area contributed by atoms with Crippen LogP contribution in [0.15, 0.2) is 6.08 Å². The second-order valence-electron chi connectivity index (χ2n) is 7.90. The molecule has 1 aliphatic heterocycles. The van der Waals surface area contributed by atoms with E-state index in [0.717, 1.165) is 50.0 Å². The third-order valence-electron chi connectivity index (χ3n) is 5.48. The highest BCUT2D eigenvalue weighted by Gasteiger charge is 2.36. The summed E-state index contributed by atoms with van der Waals surface area (Å²) in [6, 6.07) is 0. The van der Waals surface area contributed by atoms with E-state index < -0.39 is 0 Å². The fourth-order valence-electron chi connectivity index (χ4n) is 3.41. The van der Waals surface area contributed by atoms with E-state index in [1.54, 1.807) is 0 Å². The summed E-state index contributed by atoms with van der Waals surface area (Å²) in [5, 5.41) is 0. The lowest BCUT2D eigenvalue weighted by Gasteiger charge is -2.41. The molecule has 158 valence electrons. The molecule has 7 heteroatoms. The van der Waals surface area contributed by atoms with E-state index in [4.69, 9.17) is 9.47 Å². The van der Waals surface area contributed by atoms with Crippen LogP contribution >= 0.6 is 11.7 Å². The van der Waals surface area contributed by atoms with E-state index in [0.29, 0.717) is 23.4 Å². The normalized spacial score (nSPS) is 20.5. The molecule has 1 aliphatic rings. The smallest absolute Gasteiger partial charge is 0.310 e. The molecule has 2 heterocycles. The van der Waals surface area contributed by atoms with Gasteiger partial charge in [0.25, 0.3) is 5.88 Å². The van der Waals surface area contributed by atoms with Gasteiger partial charge < -0.3 is 9.47 Å². The van der Waals surface area contributed by atoms with Crippen molar-refractivity contribution in [3.8, 4) is 5.88 Å². The summed E-state index contributed by atoms with van der Waals surface area (Å²) in [6.07, 6.45) is 10.0. The molecule has 0 amide bonds. The first-order valence-corrected chi connectivity index (χ1v) is 11.4. The molecule has 0 aliphatic carbocycles. The summed E-state index contributed by atoms with van der Waals surface area (Å²) in [5.74, 6) is 0.546. The Balaban J connectivity index is 1.96. The van der Waals surface area contributed by atoms with Gasteiger partial charge in [-0.3, -0.25) is 9.28 Å². The van der Waals surface area contributed by atoms with Crippen molar-refractivity contribution in [2.45, 2.75) is 78.4 Å². The first-order valence-electron chi connectivity index (χ1n) is 10.7. The molecular formula is C21H36N3O3S+. The van der Waals surface area contributed by atoms with Gasteiger partial charge in [0.2, 0.25) is 6.23 Å². The molecule has 0 aromatic carbocycles. The van der Waals surface area contributed by atoms with Gasteiger partial charge in [-0.2, -0.15) is 4.37 Å². The SMILES string of the molecule is CCCCCCOc1nsnc1C1=CCC[N+](C)(C(C)OC(=O)CCCC)C1. The summed E-state index contributed by atoms with van der Waals surface area (Å²) in [7, 11) is 2.15. The molecule has 0 N–H and O–H groups in total. The number of quaternary nitrogens is 1. The van der Waals surface area contributed by atoms with Crippen molar-refractivity contribution in [3.05, 3.63) is 11.8 Å². The average molecular weight is 411 g/mol. The summed E-state index contributed by atoms with van der Waals surface area (Å²) in [4.78, 5) is 12.1. The van der Waals surface area contributed by atoms with Gasteiger partial charge in [-0.25, -0.2) is 0 Å². The maximum absolute atomic E-state index is 12.1. The molecule has 0 saturated carbocycles. The topological polar surface area (TPSA) is 61.3 Å². The van der Waals surface area contributed by atoms with Crippen molar-refractivity contribution in [3.63, 3.8) is 0 Å². The van der Waals surface area contributed by atoms with Crippen molar-refractivity contribution in [2.24, 2.45) is 0 Å². The quantitative estimate of drug-likeness (QED) is 0.281. The lowest BCUT2D eigenvalue weighted by atomic mass is 10.0. The van der Waals surface area contributed by atoms with E-state index in [1.807, 2.05) is 6.92 Å². The third kappa shape index (κ3) is 6.55. The van der Waals surface area contributed by atoms with Crippen LogP contribution in [0.1, 0.15) is 77.8 Å². The molecule has 1 aromatic heterocycles. The minimum absolute atomic E-state index is 0.101. The number of carbonyl (C=O) groups excluding carboxylic acids is 1. The molecule has 0 radical (unpaired) electrons. The number of esters is 1. The lowest BCUT2D eigenvalue weighted by Crippen LogP contribution is -2.55. The van der Waals surface area contributed by atoms with Crippen LogP contribution in [0.5, 0.6) is 5.88 Å². The van der Waals surface area contributed by atoms with E-state index in [9.17, 15) is 4.79 Å². The number of nitrogens with zero attached hydrogens (tertiary/aromatic N) is 3. The third-order valence-corrected chi connectivity index (χ3v) is 5.99. The summed E-state index contributed by atoms with van der Waals surface area (Å²) in [5.41, 5.74) is 2.00. The highest BCUT2D eigenvalue weighted by molar-refractivity contribution is 6.99. The summed E-state index contributed by atoms with van der Waals surface area (Å²) >= 11 is 1.20. The Morgan fingerprint density at radius 3 is 2.75 bits per heavy atom. The average Bonchev–Trinajstić information content (AvgIpc) is 3.15. The van der Waals surface area contributed by atoms with Crippen LogP contribution in [-0.4, -0.2) is 52.2 Å². The first-order chi connectivity index (χ1) is 13.5.